The van der Waals surface area contributed by atoms with Crippen molar-refractivity contribution in [2.45, 2.75) is 38.6 Å². The summed E-state index contributed by atoms with van der Waals surface area (Å²) in [6, 6.07) is 0. The molecule has 0 bridgehead atoms. The lowest BCUT2D eigenvalue weighted by Crippen LogP contribution is -2.64. The van der Waals surface area contributed by atoms with E-state index < -0.39 is 23.8 Å². The Balaban J connectivity index is 4.99. The van der Waals surface area contributed by atoms with Crippen molar-refractivity contribution in [3.63, 3.8) is 0 Å². The number of hydrogen-bond acceptors (Lipinski definition) is 4. The molecule has 8 heteroatoms. The van der Waals surface area contributed by atoms with E-state index in [0.29, 0.717) is 0 Å². The van der Waals surface area contributed by atoms with Gasteiger partial charge in [-0.2, -0.15) is 13.2 Å². The van der Waals surface area contributed by atoms with E-state index in [-0.39, 0.29) is 19.4 Å². The fourth-order valence-electron chi connectivity index (χ4n) is 0.964. The van der Waals surface area contributed by atoms with Crippen LogP contribution in [0.2, 0.25) is 0 Å². The minimum absolute atomic E-state index is 0.238. The molecule has 0 aromatic rings. The van der Waals surface area contributed by atoms with Crippen molar-refractivity contribution in [1.29, 1.82) is 0 Å². The van der Waals surface area contributed by atoms with Gasteiger partial charge in [0.25, 0.3) is 0 Å². The van der Waals surface area contributed by atoms with Crippen molar-refractivity contribution in [3.05, 3.63) is 0 Å². The minimum Gasteiger partial charge on any atom is -0.462 e. The van der Waals surface area contributed by atoms with E-state index in [4.69, 9.17) is 0 Å². The smallest absolute Gasteiger partial charge is 0.448 e. The third kappa shape index (κ3) is 3.88. The highest BCUT2D eigenvalue weighted by Gasteiger charge is 2.62. The molecule has 0 saturated carbocycles. The van der Waals surface area contributed by atoms with Crippen molar-refractivity contribution in [3.8, 4) is 0 Å². The number of halogens is 3. The molecule has 0 rings (SSSR count). The fourth-order valence-corrected chi connectivity index (χ4v) is 0.964. The molecule has 1 amide bonds. The van der Waals surface area contributed by atoms with Crippen LogP contribution in [-0.4, -0.2) is 35.5 Å². The van der Waals surface area contributed by atoms with E-state index in [1.54, 1.807) is 6.92 Å². The predicted octanol–water partition coefficient (Wildman–Crippen LogP) is 0.717. The van der Waals surface area contributed by atoms with Crippen LogP contribution in [0, 0.1) is 0 Å². The Kier molecular flexibility index (Phi) is 5.40. The van der Waals surface area contributed by atoms with Gasteiger partial charge in [0.2, 0.25) is 5.91 Å². The number of aliphatic hydroxyl groups is 1. The van der Waals surface area contributed by atoms with Crippen LogP contribution in [0.4, 0.5) is 13.2 Å². The zero-order valence-corrected chi connectivity index (χ0v) is 9.43. The number of esters is 1. The third-order valence-electron chi connectivity index (χ3n) is 1.78. The lowest BCUT2D eigenvalue weighted by Gasteiger charge is -2.28. The summed E-state index contributed by atoms with van der Waals surface area (Å²) in [4.78, 5) is 22.1. The van der Waals surface area contributed by atoms with Gasteiger partial charge < -0.3 is 15.2 Å². The molecule has 0 unspecified atom stereocenters. The van der Waals surface area contributed by atoms with E-state index in [0.717, 1.165) is 0 Å². The van der Waals surface area contributed by atoms with E-state index in [9.17, 15) is 27.9 Å². The molecule has 1 atom stereocenters. The Morgan fingerprint density at radius 1 is 1.29 bits per heavy atom. The van der Waals surface area contributed by atoms with Crippen LogP contribution in [0.3, 0.4) is 0 Å². The lowest BCUT2D eigenvalue weighted by molar-refractivity contribution is -0.271. The molecule has 17 heavy (non-hydrogen) atoms. The average Bonchev–Trinajstić information content (AvgIpc) is 2.16. The molecular formula is C9H14F3NO4. The highest BCUT2D eigenvalue weighted by Crippen LogP contribution is 2.29. The number of ether oxygens (including phenoxy) is 1. The molecule has 0 aromatic carbocycles. The number of alkyl halides is 3. The van der Waals surface area contributed by atoms with Crippen LogP contribution in [0.1, 0.15) is 26.7 Å². The molecule has 2 N–H and O–H groups in total. The highest BCUT2D eigenvalue weighted by molar-refractivity contribution is 5.87. The molecule has 0 saturated heterocycles. The molecular weight excluding hydrogens is 243 g/mol. The van der Waals surface area contributed by atoms with Crippen LogP contribution < -0.4 is 5.32 Å². The molecule has 0 aromatic heterocycles. The van der Waals surface area contributed by atoms with Gasteiger partial charge in [-0.15, -0.1) is 0 Å². The Morgan fingerprint density at radius 2 is 1.82 bits per heavy atom. The molecule has 0 fully saturated rings. The average molecular weight is 257 g/mol. The zero-order chi connectivity index (χ0) is 13.7. The van der Waals surface area contributed by atoms with E-state index >= 15 is 0 Å². The summed E-state index contributed by atoms with van der Waals surface area (Å²) in [7, 11) is 0. The Morgan fingerprint density at radius 3 is 2.18 bits per heavy atom. The monoisotopic (exact) mass is 257 g/mol. The van der Waals surface area contributed by atoms with E-state index in [1.807, 2.05) is 0 Å². The van der Waals surface area contributed by atoms with E-state index in [2.05, 4.69) is 4.74 Å². The maximum atomic E-state index is 12.5. The van der Waals surface area contributed by atoms with Crippen LogP contribution in [0.15, 0.2) is 0 Å². The molecule has 5 nitrogen and oxygen atoms in total. The van der Waals surface area contributed by atoms with Gasteiger partial charge in [-0.1, -0.05) is 6.92 Å². The molecule has 0 heterocycles. The lowest BCUT2D eigenvalue weighted by atomic mass is 10.2. The maximum Gasteiger partial charge on any atom is 0.448 e. The number of carbonyl (C=O) groups is 2. The first kappa shape index (κ1) is 15.7. The predicted molar refractivity (Wildman–Crippen MR) is 50.7 cm³/mol. The molecule has 0 aliphatic rings. The van der Waals surface area contributed by atoms with Crippen molar-refractivity contribution < 1.29 is 32.6 Å². The number of carbonyl (C=O) groups excluding carboxylic acids is 2. The SMILES string of the molecule is CCCC(=O)N[C@@](O)(C(=O)OCC)C(F)(F)F. The van der Waals surface area contributed by atoms with Gasteiger partial charge in [0, 0.05) is 6.42 Å². The van der Waals surface area contributed by atoms with Crippen molar-refractivity contribution >= 4 is 11.9 Å². The van der Waals surface area contributed by atoms with Crippen LogP contribution in [0.25, 0.3) is 0 Å². The molecule has 100 valence electrons. The summed E-state index contributed by atoms with van der Waals surface area (Å²) in [5.41, 5.74) is -3.99. The highest BCUT2D eigenvalue weighted by atomic mass is 19.4. The quantitative estimate of drug-likeness (QED) is 0.562. The first-order valence-electron chi connectivity index (χ1n) is 4.96. The third-order valence-corrected chi connectivity index (χ3v) is 1.78. The number of rotatable bonds is 5. The van der Waals surface area contributed by atoms with Gasteiger partial charge >= 0.3 is 17.9 Å². The van der Waals surface area contributed by atoms with Crippen molar-refractivity contribution in [2.75, 3.05) is 6.61 Å². The molecule has 0 aliphatic heterocycles. The molecule has 0 radical (unpaired) electrons. The number of hydrogen-bond donors (Lipinski definition) is 2. The standard InChI is InChI=1S/C9H14F3NO4/c1-3-5-6(14)13-8(16,9(10,11)12)7(15)17-4-2/h16H,3-5H2,1-2H3,(H,13,14)/t8-/m1/s1. The maximum absolute atomic E-state index is 12.5. The topological polar surface area (TPSA) is 75.6 Å². The fraction of sp³-hybridized carbons (Fsp3) is 0.778. The van der Waals surface area contributed by atoms with Gasteiger partial charge in [0.05, 0.1) is 6.61 Å². The summed E-state index contributed by atoms with van der Waals surface area (Å²) in [6.45, 7) is 2.50. The van der Waals surface area contributed by atoms with Gasteiger partial charge in [-0.05, 0) is 13.3 Å². The van der Waals surface area contributed by atoms with Gasteiger partial charge in [0.1, 0.15) is 0 Å². The molecule has 0 spiro atoms. The number of nitrogens with one attached hydrogen (secondary N) is 1. The Hall–Kier alpha value is -1.31. The van der Waals surface area contributed by atoms with Gasteiger partial charge in [-0.3, -0.25) is 4.79 Å². The van der Waals surface area contributed by atoms with Crippen molar-refractivity contribution in [2.24, 2.45) is 0 Å². The second-order valence-corrected chi connectivity index (χ2v) is 3.23. The first-order valence-corrected chi connectivity index (χ1v) is 4.96. The van der Waals surface area contributed by atoms with Crippen LogP contribution >= 0.6 is 0 Å². The molecule has 0 aliphatic carbocycles. The Bertz CT molecular complexity index is 292. The summed E-state index contributed by atoms with van der Waals surface area (Å²) in [5, 5.41) is 10.4. The number of amides is 1. The zero-order valence-electron chi connectivity index (χ0n) is 9.43. The van der Waals surface area contributed by atoms with Gasteiger partial charge in [-0.25, -0.2) is 4.79 Å². The second-order valence-electron chi connectivity index (χ2n) is 3.23. The summed E-state index contributed by atoms with van der Waals surface area (Å²) in [6.07, 6.45) is -5.30. The summed E-state index contributed by atoms with van der Waals surface area (Å²) in [5.74, 6) is -3.03. The van der Waals surface area contributed by atoms with E-state index in [1.165, 1.54) is 12.2 Å². The minimum atomic E-state index is -5.34. The Labute approximate surface area is 95.9 Å². The largest absolute Gasteiger partial charge is 0.462 e. The van der Waals surface area contributed by atoms with Crippen LogP contribution in [-0.2, 0) is 14.3 Å². The summed E-state index contributed by atoms with van der Waals surface area (Å²) < 4.78 is 41.6. The van der Waals surface area contributed by atoms with Gasteiger partial charge in [0.15, 0.2) is 0 Å². The first-order chi connectivity index (χ1) is 7.69. The normalized spacial score (nSPS) is 14.9. The van der Waals surface area contributed by atoms with Crippen LogP contribution in [0.5, 0.6) is 0 Å². The summed E-state index contributed by atoms with van der Waals surface area (Å²) >= 11 is 0. The second kappa shape index (κ2) is 5.85. The van der Waals surface area contributed by atoms with Crippen molar-refractivity contribution in [1.82, 2.24) is 5.32 Å².